The topological polar surface area (TPSA) is 0 Å². The van der Waals surface area contributed by atoms with Gasteiger partial charge in [0.05, 0.1) is 0 Å². The average Bonchev–Trinajstić information content (AvgIpc) is 2.29. The number of hydrogen-bond acceptors (Lipinski definition) is 0. The number of rotatable bonds is 3. The lowest BCUT2D eigenvalue weighted by Gasteiger charge is -2.15. The van der Waals surface area contributed by atoms with Crippen molar-refractivity contribution < 1.29 is 0 Å². The van der Waals surface area contributed by atoms with E-state index in [0.717, 1.165) is 0 Å². The van der Waals surface area contributed by atoms with Crippen LogP contribution in [0.15, 0.2) is 54.6 Å². The molecule has 0 aliphatic rings. The Bertz CT molecular complexity index is 463. The molecule has 2 aromatic rings. The monoisotopic (exact) mass is 240 g/mol. The summed E-state index contributed by atoms with van der Waals surface area (Å²) in [5, 5.41) is 0. The Balaban J connectivity index is 2.19. The van der Waals surface area contributed by atoms with Gasteiger partial charge >= 0.3 is 0 Å². The van der Waals surface area contributed by atoms with Crippen LogP contribution in [0.5, 0.6) is 0 Å². The van der Waals surface area contributed by atoms with Crippen LogP contribution in [0, 0.1) is 0 Å². The predicted octanol–water partition coefficient (Wildman–Crippen LogP) is 4.77. The maximum Gasteiger partial charge on any atom is 0.0487 e. The molecule has 0 nitrogen and oxygen atoms in total. The van der Waals surface area contributed by atoms with Crippen LogP contribution in [0.25, 0.3) is 11.1 Å². The van der Waals surface area contributed by atoms with E-state index in [1.807, 2.05) is 0 Å². The highest BCUT2D eigenvalue weighted by atomic mass is 28.3. The summed E-state index contributed by atoms with van der Waals surface area (Å²) in [7, 11) is -0.995. The van der Waals surface area contributed by atoms with Crippen molar-refractivity contribution in [3.63, 3.8) is 0 Å². The zero-order valence-corrected chi connectivity index (χ0v) is 11.9. The van der Waals surface area contributed by atoms with Crippen LogP contribution < -0.4 is 0 Å². The van der Waals surface area contributed by atoms with Crippen molar-refractivity contribution in [2.75, 3.05) is 0 Å². The summed E-state index contributed by atoms with van der Waals surface area (Å²) in [6.45, 7) is 7.24. The van der Waals surface area contributed by atoms with Gasteiger partial charge in [-0.2, -0.15) is 0 Å². The molecule has 0 saturated carbocycles. The van der Waals surface area contributed by atoms with Gasteiger partial charge in [-0.3, -0.25) is 0 Å². The molecule has 0 saturated heterocycles. The molecular formula is C16H20Si. The molecule has 0 spiro atoms. The third kappa shape index (κ3) is 3.57. The van der Waals surface area contributed by atoms with Crippen LogP contribution in [0.3, 0.4) is 0 Å². The largest absolute Gasteiger partial charge is 0.0693 e. The lowest BCUT2D eigenvalue weighted by atomic mass is 10.0. The minimum atomic E-state index is -0.995. The normalized spacial score (nSPS) is 11.5. The smallest absolute Gasteiger partial charge is 0.0487 e. The van der Waals surface area contributed by atoms with Crippen LogP contribution in [0.2, 0.25) is 19.6 Å². The van der Waals surface area contributed by atoms with Crippen LogP contribution in [0.4, 0.5) is 0 Å². The molecule has 1 heteroatoms. The first-order valence-corrected chi connectivity index (χ1v) is 9.90. The van der Waals surface area contributed by atoms with Crippen molar-refractivity contribution >= 4 is 8.07 Å². The van der Waals surface area contributed by atoms with E-state index in [0.29, 0.717) is 0 Å². The van der Waals surface area contributed by atoms with Crippen LogP contribution in [0.1, 0.15) is 5.56 Å². The van der Waals surface area contributed by atoms with Gasteiger partial charge in [0, 0.05) is 8.07 Å². The molecule has 0 N–H and O–H groups in total. The van der Waals surface area contributed by atoms with Gasteiger partial charge < -0.3 is 0 Å². The first-order chi connectivity index (χ1) is 8.04. The molecular weight excluding hydrogens is 220 g/mol. The number of benzene rings is 2. The summed E-state index contributed by atoms with van der Waals surface area (Å²) in [6, 6.07) is 20.9. The standard InChI is InChI=1S/C16H20Si/c1-17(2,3)13-14-9-11-16(12-10-14)15-7-5-4-6-8-15/h4-12H,13H2,1-3H3. The fourth-order valence-electron chi connectivity index (χ4n) is 2.06. The second kappa shape index (κ2) is 4.88. The molecule has 0 fully saturated rings. The molecule has 17 heavy (non-hydrogen) atoms. The Morgan fingerprint density at radius 3 is 1.76 bits per heavy atom. The van der Waals surface area contributed by atoms with E-state index in [-0.39, 0.29) is 0 Å². The maximum atomic E-state index is 2.41. The minimum Gasteiger partial charge on any atom is -0.0693 e. The Kier molecular flexibility index (Phi) is 3.48. The molecule has 0 unspecified atom stereocenters. The molecule has 0 amide bonds. The van der Waals surface area contributed by atoms with Crippen molar-refractivity contribution in [2.45, 2.75) is 25.7 Å². The molecule has 0 aliphatic heterocycles. The first-order valence-electron chi connectivity index (χ1n) is 6.19. The molecule has 0 radical (unpaired) electrons. The van der Waals surface area contributed by atoms with E-state index < -0.39 is 8.07 Å². The summed E-state index contributed by atoms with van der Waals surface area (Å²) < 4.78 is 0. The Hall–Kier alpha value is -1.34. The lowest BCUT2D eigenvalue weighted by molar-refractivity contribution is 1.31. The third-order valence-corrected chi connectivity index (χ3v) is 4.26. The summed E-state index contributed by atoms with van der Waals surface area (Å²) in [4.78, 5) is 0. The van der Waals surface area contributed by atoms with E-state index in [1.165, 1.54) is 22.7 Å². The second-order valence-corrected chi connectivity index (χ2v) is 11.3. The lowest BCUT2D eigenvalue weighted by Crippen LogP contribution is -2.23. The van der Waals surface area contributed by atoms with Gasteiger partial charge in [0.2, 0.25) is 0 Å². The van der Waals surface area contributed by atoms with Crippen LogP contribution >= 0.6 is 0 Å². The Labute approximate surface area is 105 Å². The molecule has 0 aliphatic carbocycles. The van der Waals surface area contributed by atoms with Crippen molar-refractivity contribution in [2.24, 2.45) is 0 Å². The van der Waals surface area contributed by atoms with Crippen LogP contribution in [-0.2, 0) is 6.04 Å². The fourth-order valence-corrected chi connectivity index (χ4v) is 3.52. The molecule has 0 bridgehead atoms. The van der Waals surface area contributed by atoms with Gasteiger partial charge in [-0.1, -0.05) is 79.8 Å². The predicted molar refractivity (Wildman–Crippen MR) is 78.9 cm³/mol. The van der Waals surface area contributed by atoms with E-state index in [4.69, 9.17) is 0 Å². The van der Waals surface area contributed by atoms with Gasteiger partial charge in [0.15, 0.2) is 0 Å². The molecule has 0 atom stereocenters. The maximum absolute atomic E-state index is 2.41. The zero-order chi connectivity index (χ0) is 12.3. The first kappa shape index (κ1) is 12.1. The Morgan fingerprint density at radius 2 is 1.24 bits per heavy atom. The van der Waals surface area contributed by atoms with E-state index in [9.17, 15) is 0 Å². The van der Waals surface area contributed by atoms with Gasteiger partial charge in [-0.25, -0.2) is 0 Å². The summed E-state index contributed by atoms with van der Waals surface area (Å²) in [5.74, 6) is 0. The highest BCUT2D eigenvalue weighted by Crippen LogP contribution is 2.20. The summed E-state index contributed by atoms with van der Waals surface area (Å²) in [5.41, 5.74) is 4.08. The highest BCUT2D eigenvalue weighted by molar-refractivity contribution is 6.75. The van der Waals surface area contributed by atoms with Gasteiger partial charge in [0.25, 0.3) is 0 Å². The molecule has 2 aromatic carbocycles. The highest BCUT2D eigenvalue weighted by Gasteiger charge is 2.13. The fraction of sp³-hybridized carbons (Fsp3) is 0.250. The quantitative estimate of drug-likeness (QED) is 0.678. The zero-order valence-electron chi connectivity index (χ0n) is 10.9. The van der Waals surface area contributed by atoms with Crippen molar-refractivity contribution in [3.05, 3.63) is 60.2 Å². The van der Waals surface area contributed by atoms with Crippen LogP contribution in [-0.4, -0.2) is 8.07 Å². The number of hydrogen-bond donors (Lipinski definition) is 0. The molecule has 0 heterocycles. The summed E-state index contributed by atoms with van der Waals surface area (Å²) >= 11 is 0. The molecule has 88 valence electrons. The van der Waals surface area contributed by atoms with Gasteiger partial charge in [-0.05, 0) is 17.2 Å². The van der Waals surface area contributed by atoms with E-state index in [1.54, 1.807) is 0 Å². The van der Waals surface area contributed by atoms with E-state index >= 15 is 0 Å². The van der Waals surface area contributed by atoms with Gasteiger partial charge in [0.1, 0.15) is 0 Å². The third-order valence-electron chi connectivity index (χ3n) is 2.80. The van der Waals surface area contributed by atoms with Gasteiger partial charge in [-0.15, -0.1) is 0 Å². The molecule has 0 aromatic heterocycles. The van der Waals surface area contributed by atoms with Crippen molar-refractivity contribution in [3.8, 4) is 11.1 Å². The SMILES string of the molecule is C[Si](C)(C)Cc1ccc(-c2ccccc2)cc1. The van der Waals surface area contributed by atoms with Crippen molar-refractivity contribution in [1.29, 1.82) is 0 Å². The molecule has 2 rings (SSSR count). The van der Waals surface area contributed by atoms with E-state index in [2.05, 4.69) is 74.2 Å². The summed E-state index contributed by atoms with van der Waals surface area (Å²) in [6.07, 6.45) is 0. The minimum absolute atomic E-state index is 0.995. The Morgan fingerprint density at radius 1 is 0.706 bits per heavy atom. The second-order valence-electron chi connectivity index (χ2n) is 5.80. The van der Waals surface area contributed by atoms with Crippen molar-refractivity contribution in [1.82, 2.24) is 0 Å². The average molecular weight is 240 g/mol.